The Morgan fingerprint density at radius 1 is 1.59 bits per heavy atom. The molecule has 0 spiro atoms. The normalized spacial score (nSPS) is 22.5. The van der Waals surface area contributed by atoms with E-state index in [0.29, 0.717) is 13.2 Å². The minimum atomic E-state index is -4.41. The van der Waals surface area contributed by atoms with Crippen molar-refractivity contribution < 1.29 is 27.4 Å². The molecule has 1 N–H and O–H groups in total. The summed E-state index contributed by atoms with van der Waals surface area (Å²) in [4.78, 5) is 11.4. The molecule has 0 bridgehead atoms. The number of amides is 1. The highest BCUT2D eigenvalue weighted by molar-refractivity contribution is 5.80. The van der Waals surface area contributed by atoms with E-state index in [2.05, 4.69) is 10.1 Å². The number of carbonyl (C=O) groups excluding carboxylic acids is 1. The number of hydrogen-bond acceptors (Lipinski definition) is 3. The number of ether oxygens (including phenoxy) is 2. The van der Waals surface area contributed by atoms with Gasteiger partial charge in [-0.2, -0.15) is 13.2 Å². The number of carbonyl (C=O) groups is 1. The second kappa shape index (κ2) is 6.20. The standard InChI is InChI=1S/C10H16F3NO3/c1-7(17-6-10(11,12)13)9(15)14-5-8-3-2-4-16-8/h7-8H,2-6H2,1H3,(H,14,15)/t7-,8-/m1/s1. The van der Waals surface area contributed by atoms with Crippen LogP contribution in [0.2, 0.25) is 0 Å². The zero-order chi connectivity index (χ0) is 12.9. The maximum absolute atomic E-state index is 11.8. The molecular formula is C10H16F3NO3. The summed E-state index contributed by atoms with van der Waals surface area (Å²) >= 11 is 0. The quantitative estimate of drug-likeness (QED) is 0.804. The number of hydrogen-bond donors (Lipinski definition) is 1. The number of halogens is 3. The first-order valence-electron chi connectivity index (χ1n) is 5.46. The van der Waals surface area contributed by atoms with Gasteiger partial charge in [-0.05, 0) is 19.8 Å². The van der Waals surface area contributed by atoms with E-state index in [-0.39, 0.29) is 6.10 Å². The second-order valence-electron chi connectivity index (χ2n) is 3.95. The minimum Gasteiger partial charge on any atom is -0.376 e. The summed E-state index contributed by atoms with van der Waals surface area (Å²) in [5.41, 5.74) is 0. The van der Waals surface area contributed by atoms with E-state index in [4.69, 9.17) is 4.74 Å². The van der Waals surface area contributed by atoms with Gasteiger partial charge in [0, 0.05) is 13.2 Å². The van der Waals surface area contributed by atoms with E-state index in [1.165, 1.54) is 6.92 Å². The first-order valence-corrected chi connectivity index (χ1v) is 5.46. The zero-order valence-corrected chi connectivity index (χ0v) is 9.55. The van der Waals surface area contributed by atoms with E-state index in [0.717, 1.165) is 12.8 Å². The topological polar surface area (TPSA) is 47.6 Å². The van der Waals surface area contributed by atoms with Crippen LogP contribution in [0.5, 0.6) is 0 Å². The monoisotopic (exact) mass is 255 g/mol. The van der Waals surface area contributed by atoms with E-state index < -0.39 is 24.8 Å². The predicted octanol–water partition coefficient (Wildman–Crippen LogP) is 1.25. The van der Waals surface area contributed by atoms with Crippen molar-refractivity contribution in [3.8, 4) is 0 Å². The van der Waals surface area contributed by atoms with Crippen LogP contribution in [0, 0.1) is 0 Å². The molecule has 1 heterocycles. The van der Waals surface area contributed by atoms with Crippen LogP contribution in [-0.2, 0) is 14.3 Å². The third-order valence-corrected chi connectivity index (χ3v) is 2.39. The van der Waals surface area contributed by atoms with Crippen molar-refractivity contribution in [1.29, 1.82) is 0 Å². The van der Waals surface area contributed by atoms with Crippen LogP contribution in [0.25, 0.3) is 0 Å². The van der Waals surface area contributed by atoms with Crippen LogP contribution in [0.1, 0.15) is 19.8 Å². The molecule has 100 valence electrons. The molecule has 0 aromatic heterocycles. The highest BCUT2D eigenvalue weighted by atomic mass is 19.4. The summed E-state index contributed by atoms with van der Waals surface area (Å²) in [6.07, 6.45) is -3.76. The molecule has 2 atom stereocenters. The summed E-state index contributed by atoms with van der Waals surface area (Å²) in [6, 6.07) is 0. The van der Waals surface area contributed by atoms with Crippen LogP contribution < -0.4 is 5.32 Å². The molecule has 17 heavy (non-hydrogen) atoms. The number of alkyl halides is 3. The van der Waals surface area contributed by atoms with Gasteiger partial charge in [-0.25, -0.2) is 0 Å². The van der Waals surface area contributed by atoms with Gasteiger partial charge >= 0.3 is 6.18 Å². The van der Waals surface area contributed by atoms with Gasteiger partial charge < -0.3 is 14.8 Å². The van der Waals surface area contributed by atoms with Gasteiger partial charge in [0.05, 0.1) is 6.10 Å². The fraction of sp³-hybridized carbons (Fsp3) is 0.900. The molecule has 4 nitrogen and oxygen atoms in total. The Balaban J connectivity index is 2.17. The summed E-state index contributed by atoms with van der Waals surface area (Å²) in [6.45, 7) is 0.858. The first kappa shape index (κ1) is 14.2. The summed E-state index contributed by atoms with van der Waals surface area (Å²) in [5.74, 6) is -0.551. The smallest absolute Gasteiger partial charge is 0.376 e. The molecule has 0 unspecified atom stereocenters. The lowest BCUT2D eigenvalue weighted by Crippen LogP contribution is -2.40. The molecule has 1 aliphatic heterocycles. The average Bonchev–Trinajstić information content (AvgIpc) is 2.74. The van der Waals surface area contributed by atoms with Crippen LogP contribution in [0.4, 0.5) is 13.2 Å². The Morgan fingerprint density at radius 3 is 2.82 bits per heavy atom. The molecule has 1 saturated heterocycles. The average molecular weight is 255 g/mol. The third kappa shape index (κ3) is 5.88. The van der Waals surface area contributed by atoms with Crippen molar-refractivity contribution in [3.05, 3.63) is 0 Å². The predicted molar refractivity (Wildman–Crippen MR) is 53.5 cm³/mol. The molecule has 0 aromatic rings. The molecule has 1 rings (SSSR count). The van der Waals surface area contributed by atoms with Crippen molar-refractivity contribution in [3.63, 3.8) is 0 Å². The maximum Gasteiger partial charge on any atom is 0.411 e. The van der Waals surface area contributed by atoms with Gasteiger partial charge in [-0.3, -0.25) is 4.79 Å². The van der Waals surface area contributed by atoms with Crippen LogP contribution in [0.3, 0.4) is 0 Å². The Labute approximate surface area is 97.5 Å². The fourth-order valence-corrected chi connectivity index (χ4v) is 1.46. The third-order valence-electron chi connectivity index (χ3n) is 2.39. The number of nitrogens with one attached hydrogen (secondary N) is 1. The Kier molecular flexibility index (Phi) is 5.20. The van der Waals surface area contributed by atoms with Crippen molar-refractivity contribution in [2.75, 3.05) is 19.8 Å². The molecule has 0 radical (unpaired) electrons. The fourth-order valence-electron chi connectivity index (χ4n) is 1.46. The van der Waals surface area contributed by atoms with Crippen molar-refractivity contribution >= 4 is 5.91 Å². The van der Waals surface area contributed by atoms with Crippen LogP contribution in [0.15, 0.2) is 0 Å². The molecule has 0 saturated carbocycles. The zero-order valence-electron chi connectivity index (χ0n) is 9.55. The molecule has 0 aromatic carbocycles. The molecule has 7 heteroatoms. The lowest BCUT2D eigenvalue weighted by molar-refractivity contribution is -0.185. The van der Waals surface area contributed by atoms with Crippen molar-refractivity contribution in [2.24, 2.45) is 0 Å². The molecule has 1 amide bonds. The molecule has 1 fully saturated rings. The Hall–Kier alpha value is -0.820. The van der Waals surface area contributed by atoms with Gasteiger partial charge in [0.1, 0.15) is 12.7 Å². The number of rotatable bonds is 5. The maximum atomic E-state index is 11.8. The van der Waals surface area contributed by atoms with E-state index in [9.17, 15) is 18.0 Å². The first-order chi connectivity index (χ1) is 7.88. The van der Waals surface area contributed by atoms with Crippen LogP contribution >= 0.6 is 0 Å². The summed E-state index contributed by atoms with van der Waals surface area (Å²) < 4.78 is 45.2. The lowest BCUT2D eigenvalue weighted by Gasteiger charge is -2.16. The van der Waals surface area contributed by atoms with Gasteiger partial charge in [-0.1, -0.05) is 0 Å². The Bertz CT molecular complexity index is 252. The SMILES string of the molecule is C[C@@H](OCC(F)(F)F)C(=O)NC[C@H]1CCCO1. The Morgan fingerprint density at radius 2 is 2.29 bits per heavy atom. The van der Waals surface area contributed by atoms with E-state index >= 15 is 0 Å². The highest BCUT2D eigenvalue weighted by Crippen LogP contribution is 2.15. The van der Waals surface area contributed by atoms with Gasteiger partial charge in [0.2, 0.25) is 5.91 Å². The van der Waals surface area contributed by atoms with Crippen molar-refractivity contribution in [2.45, 2.75) is 38.1 Å². The molecule has 0 aliphatic carbocycles. The largest absolute Gasteiger partial charge is 0.411 e. The van der Waals surface area contributed by atoms with Gasteiger partial charge in [0.15, 0.2) is 0 Å². The van der Waals surface area contributed by atoms with Gasteiger partial charge in [-0.15, -0.1) is 0 Å². The molecule has 1 aliphatic rings. The van der Waals surface area contributed by atoms with Crippen molar-refractivity contribution in [1.82, 2.24) is 5.32 Å². The summed E-state index contributed by atoms with van der Waals surface area (Å²) in [7, 11) is 0. The van der Waals surface area contributed by atoms with E-state index in [1.54, 1.807) is 0 Å². The second-order valence-corrected chi connectivity index (χ2v) is 3.95. The lowest BCUT2D eigenvalue weighted by atomic mass is 10.2. The minimum absolute atomic E-state index is 0.0335. The summed E-state index contributed by atoms with van der Waals surface area (Å²) in [5, 5.41) is 2.50. The van der Waals surface area contributed by atoms with E-state index in [1.807, 2.05) is 0 Å². The molecular weight excluding hydrogens is 239 g/mol. The van der Waals surface area contributed by atoms with Crippen LogP contribution in [-0.4, -0.2) is 44.0 Å². The highest BCUT2D eigenvalue weighted by Gasteiger charge is 2.30. The van der Waals surface area contributed by atoms with Gasteiger partial charge in [0.25, 0.3) is 0 Å².